The topological polar surface area (TPSA) is 101 Å². The van der Waals surface area contributed by atoms with Crippen molar-refractivity contribution in [2.75, 3.05) is 30.4 Å². The first-order valence-electron chi connectivity index (χ1n) is 6.09. The van der Waals surface area contributed by atoms with Gasteiger partial charge in [-0.3, -0.25) is 19.1 Å². The second-order valence-electron chi connectivity index (χ2n) is 3.93. The van der Waals surface area contributed by atoms with E-state index in [1.54, 1.807) is 14.0 Å². The second kappa shape index (κ2) is 7.59. The average Bonchev–Trinajstić information content (AvgIpc) is 2.45. The van der Waals surface area contributed by atoms with Gasteiger partial charge in [0.15, 0.2) is 0 Å². The number of nitrogens with zero attached hydrogens (tertiary/aromatic N) is 1. The third-order valence-electron chi connectivity index (χ3n) is 2.66. The summed E-state index contributed by atoms with van der Waals surface area (Å²) in [5, 5.41) is 16.2. The molecule has 0 bridgehead atoms. The Bertz CT molecular complexity index is 533. The van der Waals surface area contributed by atoms with E-state index in [2.05, 4.69) is 10.6 Å². The molecule has 1 aromatic rings. The maximum atomic E-state index is 11.8. The summed E-state index contributed by atoms with van der Waals surface area (Å²) in [4.78, 5) is 22.2. The summed E-state index contributed by atoms with van der Waals surface area (Å²) in [5.74, 6) is 0.501. The van der Waals surface area contributed by atoms with Crippen molar-refractivity contribution in [2.24, 2.45) is 0 Å². The molecule has 0 aromatic heterocycles. The van der Waals surface area contributed by atoms with E-state index < -0.39 is 21.6 Å². The van der Waals surface area contributed by atoms with E-state index in [9.17, 15) is 19.1 Å². The first-order valence-corrected chi connectivity index (χ1v) is 7.57. The van der Waals surface area contributed by atoms with Crippen LogP contribution in [0.2, 0.25) is 0 Å². The van der Waals surface area contributed by atoms with Crippen LogP contribution in [0.4, 0.5) is 11.4 Å². The second-order valence-corrected chi connectivity index (χ2v) is 5.79. The van der Waals surface area contributed by atoms with Crippen LogP contribution in [0.5, 0.6) is 0 Å². The quantitative estimate of drug-likeness (QED) is 0.580. The standard InChI is InChI=1S/C12H17N3O4S/c1-3-20(19)7-6-14-12(16)9-4-5-10(13-2)11(8-9)15(17)18/h4-5,8,13H,3,6-7H2,1-2H3,(H,14,16). The van der Waals surface area contributed by atoms with Crippen molar-refractivity contribution in [3.63, 3.8) is 0 Å². The highest BCUT2D eigenvalue weighted by atomic mass is 32.2. The van der Waals surface area contributed by atoms with Crippen LogP contribution in [0.25, 0.3) is 0 Å². The molecule has 1 unspecified atom stereocenters. The van der Waals surface area contributed by atoms with E-state index >= 15 is 0 Å². The molecule has 110 valence electrons. The monoisotopic (exact) mass is 299 g/mol. The number of amides is 1. The SMILES string of the molecule is CCS(=O)CCNC(=O)c1ccc(NC)c([N+](=O)[O-])c1. The number of benzene rings is 1. The molecule has 1 aromatic carbocycles. The van der Waals surface area contributed by atoms with Gasteiger partial charge in [-0.2, -0.15) is 0 Å². The van der Waals surface area contributed by atoms with Crippen molar-refractivity contribution in [2.45, 2.75) is 6.92 Å². The Morgan fingerprint density at radius 1 is 1.45 bits per heavy atom. The molecule has 0 aliphatic heterocycles. The third kappa shape index (κ3) is 4.30. The molecule has 1 amide bonds. The van der Waals surface area contributed by atoms with E-state index in [-0.39, 0.29) is 17.8 Å². The lowest BCUT2D eigenvalue weighted by molar-refractivity contribution is -0.384. The number of carbonyl (C=O) groups is 1. The van der Waals surface area contributed by atoms with E-state index in [0.29, 0.717) is 17.2 Å². The van der Waals surface area contributed by atoms with Crippen molar-refractivity contribution < 1.29 is 13.9 Å². The van der Waals surface area contributed by atoms with Crippen molar-refractivity contribution in [1.29, 1.82) is 0 Å². The maximum absolute atomic E-state index is 11.8. The fourth-order valence-electron chi connectivity index (χ4n) is 1.56. The lowest BCUT2D eigenvalue weighted by Gasteiger charge is -2.06. The summed E-state index contributed by atoms with van der Waals surface area (Å²) >= 11 is 0. The molecular formula is C12H17N3O4S. The Hall–Kier alpha value is -1.96. The van der Waals surface area contributed by atoms with Gasteiger partial charge in [0.25, 0.3) is 11.6 Å². The number of carbonyl (C=O) groups excluding carboxylic acids is 1. The highest BCUT2D eigenvalue weighted by Gasteiger charge is 2.16. The van der Waals surface area contributed by atoms with Crippen molar-refractivity contribution in [3.8, 4) is 0 Å². The molecule has 20 heavy (non-hydrogen) atoms. The molecule has 0 saturated heterocycles. The normalized spacial score (nSPS) is 11.7. The van der Waals surface area contributed by atoms with Gasteiger partial charge in [0, 0.05) is 47.5 Å². The van der Waals surface area contributed by atoms with Crippen LogP contribution in [-0.4, -0.2) is 40.1 Å². The lowest BCUT2D eigenvalue weighted by Crippen LogP contribution is -2.28. The number of hydrogen-bond acceptors (Lipinski definition) is 5. The van der Waals surface area contributed by atoms with Crippen LogP contribution < -0.4 is 10.6 Å². The molecule has 1 atom stereocenters. The summed E-state index contributed by atoms with van der Waals surface area (Å²) in [6.45, 7) is 2.08. The van der Waals surface area contributed by atoms with E-state index in [1.807, 2.05) is 0 Å². The number of hydrogen-bond donors (Lipinski definition) is 2. The number of anilines is 1. The largest absolute Gasteiger partial charge is 0.383 e. The smallest absolute Gasteiger partial charge is 0.293 e. The molecule has 0 aliphatic carbocycles. The summed E-state index contributed by atoms with van der Waals surface area (Å²) < 4.78 is 11.2. The molecule has 7 nitrogen and oxygen atoms in total. The summed E-state index contributed by atoms with van der Waals surface area (Å²) in [6, 6.07) is 4.21. The summed E-state index contributed by atoms with van der Waals surface area (Å²) in [6.07, 6.45) is 0. The molecule has 0 fully saturated rings. The summed E-state index contributed by atoms with van der Waals surface area (Å²) in [5.41, 5.74) is 0.397. The minimum atomic E-state index is -0.950. The zero-order valence-electron chi connectivity index (χ0n) is 11.3. The Morgan fingerprint density at radius 3 is 2.70 bits per heavy atom. The van der Waals surface area contributed by atoms with Gasteiger partial charge in [0.1, 0.15) is 5.69 Å². The van der Waals surface area contributed by atoms with Crippen LogP contribution in [0, 0.1) is 10.1 Å². The average molecular weight is 299 g/mol. The highest BCUT2D eigenvalue weighted by Crippen LogP contribution is 2.24. The van der Waals surface area contributed by atoms with Gasteiger partial charge in [0.2, 0.25) is 0 Å². The maximum Gasteiger partial charge on any atom is 0.293 e. The number of nitrogens with one attached hydrogen (secondary N) is 2. The Morgan fingerprint density at radius 2 is 2.15 bits per heavy atom. The minimum absolute atomic E-state index is 0.155. The van der Waals surface area contributed by atoms with Crippen LogP contribution in [-0.2, 0) is 10.8 Å². The Labute approximate surface area is 119 Å². The molecule has 0 spiro atoms. The Balaban J connectivity index is 2.76. The van der Waals surface area contributed by atoms with E-state index in [0.717, 1.165) is 0 Å². The number of rotatable bonds is 7. The first-order chi connectivity index (χ1) is 9.49. The zero-order chi connectivity index (χ0) is 15.1. The predicted molar refractivity (Wildman–Crippen MR) is 78.5 cm³/mol. The molecule has 0 radical (unpaired) electrons. The van der Waals surface area contributed by atoms with Gasteiger partial charge in [-0.05, 0) is 12.1 Å². The van der Waals surface area contributed by atoms with Crippen molar-refractivity contribution >= 4 is 28.1 Å². The van der Waals surface area contributed by atoms with Crippen molar-refractivity contribution in [3.05, 3.63) is 33.9 Å². The first kappa shape index (κ1) is 16.1. The van der Waals surface area contributed by atoms with Crippen LogP contribution in [0.3, 0.4) is 0 Å². The van der Waals surface area contributed by atoms with Gasteiger partial charge in [-0.25, -0.2) is 0 Å². The fourth-order valence-corrected chi connectivity index (χ4v) is 2.18. The van der Waals surface area contributed by atoms with E-state index in [1.165, 1.54) is 18.2 Å². The minimum Gasteiger partial charge on any atom is -0.383 e. The van der Waals surface area contributed by atoms with E-state index in [4.69, 9.17) is 0 Å². The van der Waals surface area contributed by atoms with Gasteiger partial charge < -0.3 is 10.6 Å². The van der Waals surface area contributed by atoms with Gasteiger partial charge in [-0.15, -0.1) is 0 Å². The van der Waals surface area contributed by atoms with Gasteiger partial charge in [0.05, 0.1) is 4.92 Å². The molecule has 1 rings (SSSR count). The van der Waals surface area contributed by atoms with Gasteiger partial charge >= 0.3 is 0 Å². The van der Waals surface area contributed by atoms with Crippen LogP contribution >= 0.6 is 0 Å². The highest BCUT2D eigenvalue weighted by molar-refractivity contribution is 7.84. The van der Waals surface area contributed by atoms with Crippen LogP contribution in [0.15, 0.2) is 18.2 Å². The molecule has 8 heteroatoms. The molecule has 2 N–H and O–H groups in total. The Kier molecular flexibility index (Phi) is 6.10. The molecule has 0 aliphatic rings. The van der Waals surface area contributed by atoms with Crippen molar-refractivity contribution in [1.82, 2.24) is 5.32 Å². The lowest BCUT2D eigenvalue weighted by atomic mass is 10.1. The number of nitro benzene ring substituents is 1. The third-order valence-corrected chi connectivity index (χ3v) is 3.97. The predicted octanol–water partition coefficient (Wildman–Crippen LogP) is 1.13. The molecular weight excluding hydrogens is 282 g/mol. The fraction of sp³-hybridized carbons (Fsp3) is 0.417. The van der Waals surface area contributed by atoms with Crippen LogP contribution in [0.1, 0.15) is 17.3 Å². The summed E-state index contributed by atoms with van der Waals surface area (Å²) in [7, 11) is 0.622. The molecule has 0 saturated carbocycles. The molecule has 0 heterocycles. The number of nitro groups is 1. The zero-order valence-corrected chi connectivity index (χ0v) is 12.2. The van der Waals surface area contributed by atoms with Gasteiger partial charge in [-0.1, -0.05) is 6.92 Å².